The Hall–Kier alpha value is -1.88. The Balaban J connectivity index is 2.71. The van der Waals surface area contributed by atoms with Crippen LogP contribution in [0, 0.1) is 0 Å². The molecule has 1 aromatic rings. The number of rotatable bonds is 9. The number of esters is 1. The van der Waals surface area contributed by atoms with Gasteiger partial charge in [-0.2, -0.15) is 0 Å². The highest BCUT2D eigenvalue weighted by molar-refractivity contribution is 6.03. The molecule has 0 aromatic heterocycles. The average molecular weight is 306 g/mol. The Morgan fingerprint density at radius 3 is 2.32 bits per heavy atom. The molecule has 0 aliphatic rings. The number of amides is 1. The summed E-state index contributed by atoms with van der Waals surface area (Å²) in [6.45, 7) is 9.22. The van der Waals surface area contributed by atoms with Crippen molar-refractivity contribution < 1.29 is 14.3 Å². The molecule has 1 N–H and O–H groups in total. The molecule has 122 valence electrons. The molecule has 0 aliphatic heterocycles. The third-order valence-corrected chi connectivity index (χ3v) is 3.53. The molecular formula is C17H26N2O3. The van der Waals surface area contributed by atoms with E-state index in [0.29, 0.717) is 25.3 Å². The van der Waals surface area contributed by atoms with E-state index in [1.807, 2.05) is 25.1 Å². The first-order valence-electron chi connectivity index (χ1n) is 7.85. The molecule has 0 fully saturated rings. The summed E-state index contributed by atoms with van der Waals surface area (Å²) in [6, 6.07) is 9.01. The van der Waals surface area contributed by atoms with Crippen molar-refractivity contribution in [3.63, 3.8) is 0 Å². The summed E-state index contributed by atoms with van der Waals surface area (Å²) in [5.41, 5.74) is 0.654. The van der Waals surface area contributed by atoms with Crippen LogP contribution in [-0.2, 0) is 14.3 Å². The minimum absolute atomic E-state index is 0.295. The molecule has 0 radical (unpaired) electrons. The summed E-state index contributed by atoms with van der Waals surface area (Å²) in [5, 5.41) is 2.70. The van der Waals surface area contributed by atoms with E-state index < -0.39 is 11.9 Å². The summed E-state index contributed by atoms with van der Waals surface area (Å²) in [6.07, 6.45) is 0. The van der Waals surface area contributed by atoms with E-state index in [0.717, 1.165) is 13.1 Å². The summed E-state index contributed by atoms with van der Waals surface area (Å²) >= 11 is 0. The second-order valence-electron chi connectivity index (χ2n) is 4.93. The molecule has 0 bridgehead atoms. The maximum atomic E-state index is 12.3. The van der Waals surface area contributed by atoms with E-state index in [1.54, 1.807) is 12.1 Å². The monoisotopic (exact) mass is 306 g/mol. The lowest BCUT2D eigenvalue weighted by atomic mass is 9.98. The number of carbonyl (C=O) groups is 2. The fraction of sp³-hybridized carbons (Fsp3) is 0.529. The fourth-order valence-corrected chi connectivity index (χ4v) is 2.21. The van der Waals surface area contributed by atoms with Crippen molar-refractivity contribution in [3.05, 3.63) is 35.9 Å². The van der Waals surface area contributed by atoms with Gasteiger partial charge in [0.1, 0.15) is 6.61 Å². The lowest BCUT2D eigenvalue weighted by molar-refractivity contribution is -0.149. The molecule has 22 heavy (non-hydrogen) atoms. The Kier molecular flexibility index (Phi) is 8.22. The molecule has 1 rings (SSSR count). The highest BCUT2D eigenvalue weighted by atomic mass is 16.5. The van der Waals surface area contributed by atoms with E-state index in [-0.39, 0.29) is 5.91 Å². The Bertz CT molecular complexity index is 458. The van der Waals surface area contributed by atoms with Crippen LogP contribution in [0.2, 0.25) is 0 Å². The van der Waals surface area contributed by atoms with Gasteiger partial charge in [-0.1, -0.05) is 44.2 Å². The SMILES string of the molecule is CCNC(=O)C(C(=O)OCCN(CC)CC)c1ccccc1. The summed E-state index contributed by atoms with van der Waals surface area (Å²) in [5.74, 6) is -1.72. The number of likely N-dealkylation sites (N-methyl/N-ethyl adjacent to an activating group) is 2. The van der Waals surface area contributed by atoms with Crippen LogP contribution in [0.15, 0.2) is 30.3 Å². The second kappa shape index (κ2) is 9.95. The van der Waals surface area contributed by atoms with Crippen molar-refractivity contribution >= 4 is 11.9 Å². The molecule has 1 amide bonds. The lowest BCUT2D eigenvalue weighted by Gasteiger charge is -2.19. The number of carbonyl (C=O) groups excluding carboxylic acids is 2. The molecule has 0 saturated heterocycles. The number of nitrogens with one attached hydrogen (secondary N) is 1. The number of ether oxygens (including phenoxy) is 1. The summed E-state index contributed by atoms with van der Waals surface area (Å²) in [4.78, 5) is 26.7. The van der Waals surface area contributed by atoms with E-state index in [2.05, 4.69) is 24.1 Å². The van der Waals surface area contributed by atoms with Crippen LogP contribution in [0.5, 0.6) is 0 Å². The predicted molar refractivity (Wildman–Crippen MR) is 86.6 cm³/mol. The first-order chi connectivity index (χ1) is 10.6. The van der Waals surface area contributed by atoms with Gasteiger partial charge in [0.05, 0.1) is 0 Å². The Morgan fingerprint density at radius 1 is 1.14 bits per heavy atom. The number of hydrogen-bond donors (Lipinski definition) is 1. The van der Waals surface area contributed by atoms with Crippen molar-refractivity contribution in [1.82, 2.24) is 10.2 Å². The van der Waals surface area contributed by atoms with Crippen LogP contribution < -0.4 is 5.32 Å². The molecule has 0 saturated carbocycles. The summed E-state index contributed by atoms with van der Waals surface area (Å²) < 4.78 is 5.32. The highest BCUT2D eigenvalue weighted by Crippen LogP contribution is 2.17. The van der Waals surface area contributed by atoms with Crippen LogP contribution in [0.25, 0.3) is 0 Å². The number of benzene rings is 1. The standard InChI is InChI=1S/C17H26N2O3/c1-4-18-16(20)15(14-10-8-7-9-11-14)17(21)22-13-12-19(5-2)6-3/h7-11,15H,4-6,12-13H2,1-3H3,(H,18,20). The average Bonchev–Trinajstić information content (AvgIpc) is 2.53. The van der Waals surface area contributed by atoms with Crippen molar-refractivity contribution in [1.29, 1.82) is 0 Å². The van der Waals surface area contributed by atoms with Crippen LogP contribution >= 0.6 is 0 Å². The predicted octanol–water partition coefficient (Wildman–Crippen LogP) is 1.79. The van der Waals surface area contributed by atoms with Gasteiger partial charge in [-0.05, 0) is 25.6 Å². The first-order valence-corrected chi connectivity index (χ1v) is 7.85. The molecule has 5 heteroatoms. The third-order valence-electron chi connectivity index (χ3n) is 3.53. The molecule has 0 spiro atoms. The molecule has 0 aliphatic carbocycles. The zero-order chi connectivity index (χ0) is 16.4. The maximum Gasteiger partial charge on any atom is 0.323 e. The van der Waals surface area contributed by atoms with Gasteiger partial charge in [0.25, 0.3) is 0 Å². The normalized spacial score (nSPS) is 12.0. The molecule has 0 heterocycles. The topological polar surface area (TPSA) is 58.6 Å². The van der Waals surface area contributed by atoms with E-state index >= 15 is 0 Å². The van der Waals surface area contributed by atoms with Gasteiger partial charge >= 0.3 is 5.97 Å². The molecule has 1 aromatic carbocycles. The fourth-order valence-electron chi connectivity index (χ4n) is 2.21. The minimum Gasteiger partial charge on any atom is -0.463 e. The van der Waals surface area contributed by atoms with Crippen molar-refractivity contribution in [2.45, 2.75) is 26.7 Å². The molecule has 1 unspecified atom stereocenters. The van der Waals surface area contributed by atoms with Crippen molar-refractivity contribution in [3.8, 4) is 0 Å². The Morgan fingerprint density at radius 2 is 1.77 bits per heavy atom. The van der Waals surface area contributed by atoms with Gasteiger partial charge < -0.3 is 15.0 Å². The van der Waals surface area contributed by atoms with Crippen molar-refractivity contribution in [2.24, 2.45) is 0 Å². The van der Waals surface area contributed by atoms with Gasteiger partial charge in [0.2, 0.25) is 5.91 Å². The number of hydrogen-bond acceptors (Lipinski definition) is 4. The maximum absolute atomic E-state index is 12.3. The lowest BCUT2D eigenvalue weighted by Crippen LogP contribution is -2.36. The quantitative estimate of drug-likeness (QED) is 0.558. The number of nitrogens with zero attached hydrogens (tertiary/aromatic N) is 1. The van der Waals surface area contributed by atoms with Gasteiger partial charge in [0, 0.05) is 13.1 Å². The van der Waals surface area contributed by atoms with Gasteiger partial charge in [-0.25, -0.2) is 0 Å². The second-order valence-corrected chi connectivity index (χ2v) is 4.93. The smallest absolute Gasteiger partial charge is 0.323 e. The van der Waals surface area contributed by atoms with E-state index in [4.69, 9.17) is 4.74 Å². The van der Waals surface area contributed by atoms with Crippen LogP contribution in [-0.4, -0.2) is 49.6 Å². The third kappa shape index (κ3) is 5.48. The molecule has 5 nitrogen and oxygen atoms in total. The molecule has 1 atom stereocenters. The van der Waals surface area contributed by atoms with E-state index in [9.17, 15) is 9.59 Å². The zero-order valence-corrected chi connectivity index (χ0v) is 13.7. The zero-order valence-electron chi connectivity index (χ0n) is 13.7. The van der Waals surface area contributed by atoms with Crippen LogP contribution in [0.3, 0.4) is 0 Å². The highest BCUT2D eigenvalue weighted by Gasteiger charge is 2.29. The van der Waals surface area contributed by atoms with Gasteiger partial charge in [-0.15, -0.1) is 0 Å². The minimum atomic E-state index is -0.905. The Labute approximate surface area is 132 Å². The van der Waals surface area contributed by atoms with E-state index in [1.165, 1.54) is 0 Å². The molecular weight excluding hydrogens is 280 g/mol. The largest absolute Gasteiger partial charge is 0.463 e. The van der Waals surface area contributed by atoms with Crippen LogP contribution in [0.4, 0.5) is 0 Å². The first kappa shape index (κ1) is 18.2. The van der Waals surface area contributed by atoms with Gasteiger partial charge in [0.15, 0.2) is 5.92 Å². The van der Waals surface area contributed by atoms with Crippen LogP contribution in [0.1, 0.15) is 32.3 Å². The summed E-state index contributed by atoms with van der Waals surface area (Å²) in [7, 11) is 0. The van der Waals surface area contributed by atoms with Gasteiger partial charge in [-0.3, -0.25) is 9.59 Å². The van der Waals surface area contributed by atoms with Crippen molar-refractivity contribution in [2.75, 3.05) is 32.8 Å².